The largest absolute Gasteiger partial charge is 0.335 e. The van der Waals surface area contributed by atoms with Crippen molar-refractivity contribution in [2.24, 2.45) is 0 Å². The Morgan fingerprint density at radius 3 is 2.89 bits per heavy atom. The Morgan fingerprint density at radius 1 is 1.18 bits per heavy atom. The number of tetrazole rings is 1. The molecule has 4 aromatic rings. The first-order valence-corrected chi connectivity index (χ1v) is 9.00. The number of H-pyrrole nitrogens is 1. The summed E-state index contributed by atoms with van der Waals surface area (Å²) in [6.07, 6.45) is 0.371. The molecular formula is C19H13ClN6O2. The number of aromatic nitrogens is 5. The van der Waals surface area contributed by atoms with E-state index in [1.807, 2.05) is 16.7 Å². The second kappa shape index (κ2) is 6.28. The van der Waals surface area contributed by atoms with Crippen molar-refractivity contribution in [2.45, 2.75) is 13.0 Å². The zero-order chi connectivity index (χ0) is 19.3. The second-order valence-electron chi connectivity index (χ2n) is 6.48. The van der Waals surface area contributed by atoms with E-state index < -0.39 is 0 Å². The van der Waals surface area contributed by atoms with Gasteiger partial charge in [0.05, 0.1) is 11.2 Å². The molecule has 8 nitrogen and oxygen atoms in total. The molecule has 0 unspecified atom stereocenters. The molecule has 3 heterocycles. The number of hydrogen-bond donors (Lipinski definition) is 2. The number of nitrogens with zero attached hydrogens (tertiary/aromatic N) is 4. The number of hydrogen-bond acceptors (Lipinski definition) is 5. The van der Waals surface area contributed by atoms with Crippen LogP contribution in [0.3, 0.4) is 0 Å². The summed E-state index contributed by atoms with van der Waals surface area (Å²) in [5, 5.41) is 18.1. The molecule has 0 radical (unpaired) electrons. The van der Waals surface area contributed by atoms with Gasteiger partial charge in [0.1, 0.15) is 5.69 Å². The van der Waals surface area contributed by atoms with Gasteiger partial charge in [-0.05, 0) is 35.5 Å². The van der Waals surface area contributed by atoms with Gasteiger partial charge >= 0.3 is 0 Å². The summed E-state index contributed by atoms with van der Waals surface area (Å²) in [5.74, 6) is 0.135. The molecule has 1 aliphatic rings. The maximum atomic E-state index is 13.1. The second-order valence-corrected chi connectivity index (χ2v) is 6.91. The van der Waals surface area contributed by atoms with Gasteiger partial charge in [-0.25, -0.2) is 0 Å². The Morgan fingerprint density at radius 2 is 2.07 bits per heavy atom. The highest BCUT2D eigenvalue weighted by Gasteiger charge is 2.25. The molecule has 2 aromatic heterocycles. The van der Waals surface area contributed by atoms with E-state index in [1.54, 1.807) is 30.3 Å². The molecular weight excluding hydrogens is 380 g/mol. The Kier molecular flexibility index (Phi) is 3.73. The van der Waals surface area contributed by atoms with Crippen LogP contribution in [0, 0.1) is 0 Å². The maximum Gasteiger partial charge on any atom is 0.272 e. The van der Waals surface area contributed by atoms with E-state index in [2.05, 4.69) is 25.9 Å². The van der Waals surface area contributed by atoms with Crippen molar-refractivity contribution in [2.75, 3.05) is 5.32 Å². The fraction of sp³-hybridized carbons (Fsp3) is 0.105. The van der Waals surface area contributed by atoms with Gasteiger partial charge in [0, 0.05) is 34.5 Å². The molecule has 0 atom stereocenters. The third-order valence-corrected chi connectivity index (χ3v) is 5.07. The predicted octanol–water partition coefficient (Wildman–Crippen LogP) is 3.31. The van der Waals surface area contributed by atoms with E-state index in [-0.39, 0.29) is 11.7 Å². The summed E-state index contributed by atoms with van der Waals surface area (Å²) in [7, 11) is 0. The van der Waals surface area contributed by atoms with Crippen LogP contribution in [0.25, 0.3) is 22.3 Å². The number of halogens is 1. The van der Waals surface area contributed by atoms with Crippen molar-refractivity contribution in [3.63, 3.8) is 0 Å². The summed E-state index contributed by atoms with van der Waals surface area (Å²) in [6, 6.07) is 12.4. The average Bonchev–Trinajstić information content (AvgIpc) is 3.35. The molecule has 0 saturated heterocycles. The first-order valence-electron chi connectivity index (χ1n) is 8.62. The van der Waals surface area contributed by atoms with E-state index in [4.69, 9.17) is 11.6 Å². The van der Waals surface area contributed by atoms with Crippen LogP contribution in [0.15, 0.2) is 42.5 Å². The zero-order valence-electron chi connectivity index (χ0n) is 14.4. The highest BCUT2D eigenvalue weighted by molar-refractivity contribution is 6.31. The van der Waals surface area contributed by atoms with Crippen LogP contribution in [-0.4, -0.2) is 36.9 Å². The highest BCUT2D eigenvalue weighted by atomic mass is 35.5. The van der Waals surface area contributed by atoms with Crippen LogP contribution >= 0.6 is 11.6 Å². The van der Waals surface area contributed by atoms with Crippen LogP contribution in [0.2, 0.25) is 5.02 Å². The van der Waals surface area contributed by atoms with E-state index in [9.17, 15) is 9.59 Å². The van der Waals surface area contributed by atoms with Gasteiger partial charge < -0.3 is 9.88 Å². The lowest BCUT2D eigenvalue weighted by Crippen LogP contribution is -2.21. The molecule has 9 heteroatoms. The van der Waals surface area contributed by atoms with Gasteiger partial charge in [-0.1, -0.05) is 23.7 Å². The third kappa shape index (κ3) is 2.57. The van der Waals surface area contributed by atoms with Crippen LogP contribution in [0.1, 0.15) is 27.3 Å². The summed E-state index contributed by atoms with van der Waals surface area (Å²) in [6.45, 7) is 0.473. The molecule has 0 bridgehead atoms. The maximum absolute atomic E-state index is 13.1. The van der Waals surface area contributed by atoms with Crippen molar-refractivity contribution in [1.29, 1.82) is 0 Å². The van der Waals surface area contributed by atoms with Crippen LogP contribution in [0.4, 0.5) is 5.69 Å². The highest BCUT2D eigenvalue weighted by Crippen LogP contribution is 2.31. The van der Waals surface area contributed by atoms with Crippen LogP contribution in [0.5, 0.6) is 0 Å². The van der Waals surface area contributed by atoms with Crippen molar-refractivity contribution >= 4 is 39.9 Å². The standard InChI is InChI=1S/C19H13ClN6O2/c20-11-4-5-14(13(9-11)18-22-24-25-23-18)21-19(28)15-8-10-2-1-3-12-16(27)6-7-26(15)17(10)12/h1-5,8-9H,6-7H2,(H,21,28)(H,22,23,24,25). The van der Waals surface area contributed by atoms with Gasteiger partial charge in [-0.15, -0.1) is 10.2 Å². The Balaban J connectivity index is 1.57. The number of ketones is 1. The Labute approximate surface area is 163 Å². The van der Waals surface area contributed by atoms with Crippen LogP contribution < -0.4 is 5.32 Å². The lowest BCUT2D eigenvalue weighted by molar-refractivity contribution is 0.0963. The number of aromatic amines is 1. The van der Waals surface area contributed by atoms with Crippen molar-refractivity contribution in [3.8, 4) is 11.4 Å². The minimum atomic E-state index is -0.288. The van der Waals surface area contributed by atoms with Gasteiger partial charge in [0.2, 0.25) is 5.82 Å². The smallest absolute Gasteiger partial charge is 0.272 e. The van der Waals surface area contributed by atoms with Crippen molar-refractivity contribution < 1.29 is 9.59 Å². The first-order chi connectivity index (χ1) is 13.6. The molecule has 5 rings (SSSR count). The molecule has 0 aliphatic carbocycles. The minimum Gasteiger partial charge on any atom is -0.335 e. The molecule has 1 aliphatic heterocycles. The lowest BCUT2D eigenvalue weighted by Gasteiger charge is -2.17. The number of carbonyl (C=O) groups excluding carboxylic acids is 2. The third-order valence-electron chi connectivity index (χ3n) is 4.83. The number of carbonyl (C=O) groups is 2. The van der Waals surface area contributed by atoms with Gasteiger partial charge in [0.15, 0.2) is 5.78 Å². The summed E-state index contributed by atoms with van der Waals surface area (Å²) in [4.78, 5) is 25.3. The topological polar surface area (TPSA) is 106 Å². The number of rotatable bonds is 3. The molecule has 138 valence electrons. The molecule has 2 N–H and O–H groups in total. The Bertz CT molecular complexity index is 1250. The Hall–Kier alpha value is -3.52. The number of nitrogens with one attached hydrogen (secondary N) is 2. The predicted molar refractivity (Wildman–Crippen MR) is 103 cm³/mol. The van der Waals surface area contributed by atoms with E-state index in [0.29, 0.717) is 46.3 Å². The summed E-state index contributed by atoms with van der Waals surface area (Å²) in [5.41, 5.74) is 3.02. The normalized spacial score (nSPS) is 13.1. The summed E-state index contributed by atoms with van der Waals surface area (Å²) >= 11 is 6.09. The summed E-state index contributed by atoms with van der Waals surface area (Å²) < 4.78 is 1.89. The number of para-hydroxylation sites is 1. The molecule has 28 heavy (non-hydrogen) atoms. The van der Waals surface area contributed by atoms with E-state index in [1.165, 1.54) is 0 Å². The van der Waals surface area contributed by atoms with Gasteiger partial charge in [0.25, 0.3) is 5.91 Å². The molecule has 0 fully saturated rings. The average molecular weight is 393 g/mol. The molecule has 2 aromatic carbocycles. The number of anilines is 1. The lowest BCUT2D eigenvalue weighted by atomic mass is 10.0. The number of Topliss-reactive ketones (excluding diaryl/α,β-unsaturated/α-hetero) is 1. The molecule has 0 saturated carbocycles. The van der Waals surface area contributed by atoms with Crippen molar-refractivity contribution in [3.05, 3.63) is 58.7 Å². The van der Waals surface area contributed by atoms with Crippen LogP contribution in [-0.2, 0) is 6.54 Å². The number of aryl methyl sites for hydroxylation is 1. The monoisotopic (exact) mass is 392 g/mol. The fourth-order valence-corrected chi connectivity index (χ4v) is 3.76. The quantitative estimate of drug-likeness (QED) is 0.556. The first kappa shape index (κ1) is 16.6. The zero-order valence-corrected chi connectivity index (χ0v) is 15.2. The van der Waals surface area contributed by atoms with Gasteiger partial charge in [-0.3, -0.25) is 9.59 Å². The van der Waals surface area contributed by atoms with Gasteiger partial charge in [-0.2, -0.15) is 5.21 Å². The number of benzene rings is 2. The molecule has 1 amide bonds. The van der Waals surface area contributed by atoms with E-state index >= 15 is 0 Å². The fourth-order valence-electron chi connectivity index (χ4n) is 3.59. The number of amides is 1. The minimum absolute atomic E-state index is 0.0975. The van der Waals surface area contributed by atoms with Crippen molar-refractivity contribution in [1.82, 2.24) is 25.2 Å². The van der Waals surface area contributed by atoms with E-state index in [0.717, 1.165) is 10.9 Å². The molecule has 0 spiro atoms. The SMILES string of the molecule is O=C1CCn2c(C(=O)Nc3ccc(Cl)cc3-c3nn[nH]n3)cc3cccc1c32.